The molecule has 0 bridgehead atoms. The van der Waals surface area contributed by atoms with Gasteiger partial charge in [0.15, 0.2) is 0 Å². The van der Waals surface area contributed by atoms with E-state index in [2.05, 4.69) is 20.8 Å². The molecule has 0 saturated heterocycles. The molecule has 0 aliphatic carbocycles. The molecule has 16 heavy (non-hydrogen) atoms. The predicted octanol–water partition coefficient (Wildman–Crippen LogP) is 2.43. The van der Waals surface area contributed by atoms with Crippen molar-refractivity contribution in [2.75, 3.05) is 0 Å². The zero-order valence-corrected chi connectivity index (χ0v) is 11.5. The van der Waals surface area contributed by atoms with Gasteiger partial charge in [-0.1, -0.05) is 33.6 Å². The molecule has 0 aliphatic rings. The van der Waals surface area contributed by atoms with Crippen LogP contribution in [0.15, 0.2) is 0 Å². The largest absolute Gasteiger partial charge is 0.369 e. The molecule has 1 unspecified atom stereocenters. The van der Waals surface area contributed by atoms with Crippen molar-refractivity contribution in [2.24, 2.45) is 22.3 Å². The minimum atomic E-state index is -0.600. The number of hydrogen-bond acceptors (Lipinski definition) is 2. The lowest BCUT2D eigenvalue weighted by Crippen LogP contribution is -2.49. The molecule has 1 amide bonds. The van der Waals surface area contributed by atoms with Gasteiger partial charge in [0.05, 0.1) is 5.41 Å². The Morgan fingerprint density at radius 3 is 2.12 bits per heavy atom. The molecule has 0 aromatic carbocycles. The molecule has 2 atom stereocenters. The smallest absolute Gasteiger partial charge is 0.224 e. The summed E-state index contributed by atoms with van der Waals surface area (Å²) in [6.07, 6.45) is 4.22. The average Bonchev–Trinajstić information content (AvgIpc) is 2.13. The SMILES string of the molecule is CCCCC(C)(C)CC(C)(C(N)=O)[C@@H](C)N. The number of primary amides is 1. The van der Waals surface area contributed by atoms with Crippen LogP contribution in [-0.2, 0) is 4.79 Å². The third kappa shape index (κ3) is 4.12. The molecule has 3 heteroatoms. The molecule has 0 aromatic rings. The van der Waals surface area contributed by atoms with Crippen LogP contribution in [0.4, 0.5) is 0 Å². The van der Waals surface area contributed by atoms with E-state index in [0.717, 1.165) is 12.8 Å². The third-order valence-electron chi connectivity index (χ3n) is 3.62. The van der Waals surface area contributed by atoms with E-state index in [1.54, 1.807) is 0 Å². The van der Waals surface area contributed by atoms with Gasteiger partial charge in [-0.05, 0) is 32.1 Å². The Labute approximate surface area is 100.0 Å². The number of rotatable bonds is 7. The molecular weight excluding hydrogens is 200 g/mol. The zero-order valence-electron chi connectivity index (χ0n) is 11.5. The summed E-state index contributed by atoms with van der Waals surface area (Å²) in [5.41, 5.74) is 10.9. The zero-order chi connectivity index (χ0) is 13.0. The Morgan fingerprint density at radius 1 is 1.31 bits per heavy atom. The van der Waals surface area contributed by atoms with Crippen LogP contribution in [0.25, 0.3) is 0 Å². The van der Waals surface area contributed by atoms with Crippen LogP contribution in [0.1, 0.15) is 60.3 Å². The Bertz CT molecular complexity index is 236. The summed E-state index contributed by atoms with van der Waals surface area (Å²) in [6.45, 7) is 10.3. The van der Waals surface area contributed by atoms with Crippen LogP contribution in [0.3, 0.4) is 0 Å². The standard InChI is InChI=1S/C13H28N2O/c1-6-7-8-12(3,4)9-13(5,10(2)14)11(15)16/h10H,6-9,14H2,1-5H3,(H2,15,16)/t10-,13?/m1/s1. The van der Waals surface area contributed by atoms with Gasteiger partial charge in [-0.2, -0.15) is 0 Å². The molecule has 0 aliphatic heterocycles. The van der Waals surface area contributed by atoms with E-state index < -0.39 is 5.41 Å². The van der Waals surface area contributed by atoms with Crippen LogP contribution in [0, 0.1) is 10.8 Å². The molecule has 0 fully saturated rings. The summed E-state index contributed by atoms with van der Waals surface area (Å²) in [5, 5.41) is 0. The topological polar surface area (TPSA) is 69.1 Å². The molecule has 0 rings (SSSR count). The van der Waals surface area contributed by atoms with Crippen molar-refractivity contribution in [3.63, 3.8) is 0 Å². The van der Waals surface area contributed by atoms with E-state index in [1.165, 1.54) is 12.8 Å². The molecule has 0 heterocycles. The average molecular weight is 228 g/mol. The van der Waals surface area contributed by atoms with Crippen LogP contribution in [-0.4, -0.2) is 11.9 Å². The second-order valence-corrected chi connectivity index (χ2v) is 6.01. The second-order valence-electron chi connectivity index (χ2n) is 6.01. The first-order valence-electron chi connectivity index (χ1n) is 6.21. The van der Waals surface area contributed by atoms with Gasteiger partial charge in [0, 0.05) is 6.04 Å². The third-order valence-corrected chi connectivity index (χ3v) is 3.62. The molecule has 0 aromatic heterocycles. The summed E-state index contributed by atoms with van der Waals surface area (Å²) >= 11 is 0. The highest BCUT2D eigenvalue weighted by Gasteiger charge is 2.39. The summed E-state index contributed by atoms with van der Waals surface area (Å²) < 4.78 is 0. The Hall–Kier alpha value is -0.570. The maximum atomic E-state index is 11.6. The monoisotopic (exact) mass is 228 g/mol. The van der Waals surface area contributed by atoms with E-state index in [1.807, 2.05) is 13.8 Å². The summed E-state index contributed by atoms with van der Waals surface area (Å²) in [7, 11) is 0. The summed E-state index contributed by atoms with van der Waals surface area (Å²) in [4.78, 5) is 11.6. The van der Waals surface area contributed by atoms with Gasteiger partial charge in [-0.15, -0.1) is 0 Å². The van der Waals surface area contributed by atoms with E-state index in [-0.39, 0.29) is 17.4 Å². The van der Waals surface area contributed by atoms with Gasteiger partial charge in [-0.25, -0.2) is 0 Å². The van der Waals surface area contributed by atoms with Gasteiger partial charge in [0.1, 0.15) is 0 Å². The minimum absolute atomic E-state index is 0.118. The van der Waals surface area contributed by atoms with Crippen molar-refractivity contribution >= 4 is 5.91 Å². The molecule has 3 nitrogen and oxygen atoms in total. The van der Waals surface area contributed by atoms with Crippen molar-refractivity contribution in [2.45, 2.75) is 66.3 Å². The molecular formula is C13H28N2O. The fourth-order valence-corrected chi connectivity index (χ4v) is 2.21. The first-order valence-corrected chi connectivity index (χ1v) is 6.21. The van der Waals surface area contributed by atoms with Gasteiger partial charge >= 0.3 is 0 Å². The highest BCUT2D eigenvalue weighted by Crippen LogP contribution is 2.38. The van der Waals surface area contributed by atoms with E-state index in [4.69, 9.17) is 11.5 Å². The van der Waals surface area contributed by atoms with E-state index >= 15 is 0 Å². The van der Waals surface area contributed by atoms with Gasteiger partial charge < -0.3 is 11.5 Å². The Kier molecular flexibility index (Phi) is 5.47. The molecule has 0 radical (unpaired) electrons. The molecule has 0 saturated carbocycles. The van der Waals surface area contributed by atoms with Crippen molar-refractivity contribution in [1.82, 2.24) is 0 Å². The van der Waals surface area contributed by atoms with Crippen molar-refractivity contribution < 1.29 is 4.79 Å². The lowest BCUT2D eigenvalue weighted by atomic mass is 9.68. The maximum absolute atomic E-state index is 11.6. The number of unbranched alkanes of at least 4 members (excludes halogenated alkanes) is 1. The summed E-state index contributed by atoms with van der Waals surface area (Å²) in [5.74, 6) is -0.285. The quantitative estimate of drug-likeness (QED) is 0.702. The van der Waals surface area contributed by atoms with Crippen molar-refractivity contribution in [3.8, 4) is 0 Å². The van der Waals surface area contributed by atoms with E-state index in [9.17, 15) is 4.79 Å². The van der Waals surface area contributed by atoms with Crippen LogP contribution in [0.2, 0.25) is 0 Å². The fraction of sp³-hybridized carbons (Fsp3) is 0.923. The van der Waals surface area contributed by atoms with E-state index in [0.29, 0.717) is 0 Å². The predicted molar refractivity (Wildman–Crippen MR) is 68.9 cm³/mol. The van der Waals surface area contributed by atoms with Crippen LogP contribution in [0.5, 0.6) is 0 Å². The first kappa shape index (κ1) is 15.4. The molecule has 96 valence electrons. The number of carbonyl (C=O) groups is 1. The number of carbonyl (C=O) groups excluding carboxylic acids is 1. The second kappa shape index (κ2) is 5.67. The minimum Gasteiger partial charge on any atom is -0.369 e. The van der Waals surface area contributed by atoms with Crippen molar-refractivity contribution in [1.29, 1.82) is 0 Å². The van der Waals surface area contributed by atoms with Gasteiger partial charge in [0.2, 0.25) is 5.91 Å². The van der Waals surface area contributed by atoms with Crippen molar-refractivity contribution in [3.05, 3.63) is 0 Å². The Balaban J connectivity index is 4.69. The number of nitrogens with two attached hydrogens (primary N) is 2. The van der Waals surface area contributed by atoms with Crippen LogP contribution < -0.4 is 11.5 Å². The van der Waals surface area contributed by atoms with Gasteiger partial charge in [0.25, 0.3) is 0 Å². The molecule has 0 spiro atoms. The maximum Gasteiger partial charge on any atom is 0.224 e. The normalized spacial score (nSPS) is 17.9. The van der Waals surface area contributed by atoms with Gasteiger partial charge in [-0.3, -0.25) is 4.79 Å². The lowest BCUT2D eigenvalue weighted by Gasteiger charge is -2.38. The number of amides is 1. The molecule has 4 N–H and O–H groups in total. The van der Waals surface area contributed by atoms with Crippen LogP contribution >= 0.6 is 0 Å². The lowest BCUT2D eigenvalue weighted by molar-refractivity contribution is -0.129. The first-order chi connectivity index (χ1) is 7.15. The number of hydrogen-bond donors (Lipinski definition) is 2. The fourth-order valence-electron chi connectivity index (χ4n) is 2.21. The highest BCUT2D eigenvalue weighted by atomic mass is 16.1. The Morgan fingerprint density at radius 2 is 1.81 bits per heavy atom. The summed E-state index contributed by atoms with van der Waals surface area (Å²) in [6, 6.07) is -0.203. The highest BCUT2D eigenvalue weighted by molar-refractivity contribution is 5.81.